The first-order valence-corrected chi connectivity index (χ1v) is 6.31. The van der Waals surface area contributed by atoms with Crippen LogP contribution in [0, 0.1) is 0 Å². The highest BCUT2D eigenvalue weighted by Crippen LogP contribution is 2.01. The van der Waals surface area contributed by atoms with Gasteiger partial charge >= 0.3 is 5.69 Å². The van der Waals surface area contributed by atoms with Crippen molar-refractivity contribution in [3.63, 3.8) is 0 Å². The second-order valence-electron chi connectivity index (χ2n) is 4.35. The van der Waals surface area contributed by atoms with Crippen molar-refractivity contribution in [3.8, 4) is 0 Å². The largest absolute Gasteiger partial charge is 0.351 e. The van der Waals surface area contributed by atoms with E-state index in [9.17, 15) is 14.4 Å². The molecule has 104 valence electrons. The Labute approximate surface area is 114 Å². The molecule has 1 heterocycles. The quantitative estimate of drug-likeness (QED) is 0.689. The van der Waals surface area contributed by atoms with Gasteiger partial charge in [0.2, 0.25) is 0 Å². The van der Waals surface area contributed by atoms with Crippen molar-refractivity contribution in [1.82, 2.24) is 15.3 Å². The Morgan fingerprint density at radius 1 is 1.10 bits per heavy atom. The molecule has 0 fully saturated rings. The molecule has 0 aliphatic carbocycles. The zero-order chi connectivity index (χ0) is 14.4. The van der Waals surface area contributed by atoms with Crippen molar-refractivity contribution < 1.29 is 4.79 Å². The maximum atomic E-state index is 11.7. The molecule has 2 aromatic rings. The number of aromatic nitrogens is 2. The van der Waals surface area contributed by atoms with Crippen LogP contribution in [0.5, 0.6) is 0 Å². The zero-order valence-electron chi connectivity index (χ0n) is 10.8. The number of carbonyl (C=O) groups excluding carboxylic acids is 1. The highest BCUT2D eigenvalue weighted by Gasteiger charge is 2.06. The maximum Gasteiger partial charge on any atom is 0.326 e. The van der Waals surface area contributed by atoms with Gasteiger partial charge in [-0.25, -0.2) is 4.79 Å². The lowest BCUT2D eigenvalue weighted by molar-refractivity contribution is 0.0947. The van der Waals surface area contributed by atoms with Gasteiger partial charge in [0.25, 0.3) is 11.5 Å². The summed E-state index contributed by atoms with van der Waals surface area (Å²) in [6.07, 6.45) is 1.64. The van der Waals surface area contributed by atoms with Crippen LogP contribution in [-0.4, -0.2) is 22.4 Å². The van der Waals surface area contributed by atoms with Crippen molar-refractivity contribution in [2.24, 2.45) is 0 Å². The van der Waals surface area contributed by atoms with Crippen molar-refractivity contribution in [3.05, 3.63) is 68.5 Å². The van der Waals surface area contributed by atoms with Crippen LogP contribution >= 0.6 is 0 Å². The lowest BCUT2D eigenvalue weighted by atomic mass is 10.1. The molecule has 6 heteroatoms. The number of rotatable bonds is 5. The Balaban J connectivity index is 1.83. The fourth-order valence-corrected chi connectivity index (χ4v) is 1.83. The lowest BCUT2D eigenvalue weighted by Gasteiger charge is -2.04. The van der Waals surface area contributed by atoms with E-state index in [4.69, 9.17) is 0 Å². The number of aromatic amines is 2. The standard InChI is InChI=1S/C14H15N3O3/c18-12-9-11(16-14(20)17-12)13(19)15-8-4-7-10-5-2-1-3-6-10/h1-3,5-6,9H,4,7-8H2,(H,15,19)(H2,16,17,18,20). The summed E-state index contributed by atoms with van der Waals surface area (Å²) >= 11 is 0. The molecule has 0 saturated heterocycles. The van der Waals surface area contributed by atoms with Gasteiger partial charge < -0.3 is 10.3 Å². The molecule has 3 N–H and O–H groups in total. The number of hydrogen-bond donors (Lipinski definition) is 3. The number of H-pyrrole nitrogens is 2. The van der Waals surface area contributed by atoms with E-state index in [1.54, 1.807) is 0 Å². The number of carbonyl (C=O) groups is 1. The van der Waals surface area contributed by atoms with Crippen molar-refractivity contribution in [1.29, 1.82) is 0 Å². The molecule has 6 nitrogen and oxygen atoms in total. The summed E-state index contributed by atoms with van der Waals surface area (Å²) in [5, 5.41) is 2.66. The minimum atomic E-state index is -0.688. The molecule has 1 amide bonds. The van der Waals surface area contributed by atoms with Gasteiger partial charge in [-0.15, -0.1) is 0 Å². The topological polar surface area (TPSA) is 94.8 Å². The molecule has 1 aromatic heterocycles. The normalized spacial score (nSPS) is 10.2. The van der Waals surface area contributed by atoms with E-state index in [1.807, 2.05) is 35.3 Å². The molecule has 0 unspecified atom stereocenters. The molecular weight excluding hydrogens is 258 g/mol. The number of hydrogen-bond acceptors (Lipinski definition) is 3. The van der Waals surface area contributed by atoms with E-state index in [-0.39, 0.29) is 5.69 Å². The molecule has 0 spiro atoms. The van der Waals surface area contributed by atoms with Gasteiger partial charge in [0.1, 0.15) is 5.69 Å². The molecule has 0 saturated carbocycles. The van der Waals surface area contributed by atoms with E-state index in [0.29, 0.717) is 6.54 Å². The summed E-state index contributed by atoms with van der Waals surface area (Å²) in [5.74, 6) is -0.457. The molecule has 0 atom stereocenters. The van der Waals surface area contributed by atoms with E-state index >= 15 is 0 Å². The number of benzene rings is 1. The number of nitrogens with one attached hydrogen (secondary N) is 3. The minimum absolute atomic E-state index is 0.0292. The minimum Gasteiger partial charge on any atom is -0.351 e. The van der Waals surface area contributed by atoms with Crippen molar-refractivity contribution >= 4 is 5.91 Å². The molecular formula is C14H15N3O3. The van der Waals surface area contributed by atoms with Crippen molar-refractivity contribution in [2.45, 2.75) is 12.8 Å². The van der Waals surface area contributed by atoms with Gasteiger partial charge in [0.05, 0.1) is 0 Å². The van der Waals surface area contributed by atoms with Gasteiger partial charge in [-0.3, -0.25) is 14.6 Å². The highest BCUT2D eigenvalue weighted by atomic mass is 16.2. The van der Waals surface area contributed by atoms with E-state index in [0.717, 1.165) is 18.9 Å². The Bertz CT molecular complexity index is 660. The Morgan fingerprint density at radius 2 is 1.85 bits per heavy atom. The lowest BCUT2D eigenvalue weighted by Crippen LogP contribution is -2.31. The van der Waals surface area contributed by atoms with Crippen LogP contribution in [0.4, 0.5) is 0 Å². The fraction of sp³-hybridized carbons (Fsp3) is 0.214. The van der Waals surface area contributed by atoms with Crippen LogP contribution in [0.3, 0.4) is 0 Å². The van der Waals surface area contributed by atoms with Crippen LogP contribution in [0.25, 0.3) is 0 Å². The molecule has 2 rings (SSSR count). The molecule has 1 aromatic carbocycles. The predicted molar refractivity (Wildman–Crippen MR) is 74.8 cm³/mol. The van der Waals surface area contributed by atoms with Gasteiger partial charge in [-0.2, -0.15) is 0 Å². The molecule has 0 aliphatic rings. The smallest absolute Gasteiger partial charge is 0.326 e. The van der Waals surface area contributed by atoms with E-state index in [1.165, 1.54) is 5.56 Å². The average Bonchev–Trinajstić information content (AvgIpc) is 2.43. The van der Waals surface area contributed by atoms with Gasteiger partial charge in [0.15, 0.2) is 0 Å². The molecule has 0 aliphatic heterocycles. The monoisotopic (exact) mass is 273 g/mol. The first-order chi connectivity index (χ1) is 9.65. The van der Waals surface area contributed by atoms with E-state index in [2.05, 4.69) is 10.3 Å². The van der Waals surface area contributed by atoms with Crippen LogP contribution in [-0.2, 0) is 6.42 Å². The summed E-state index contributed by atoms with van der Waals surface area (Å²) in [4.78, 5) is 38.1. The van der Waals surface area contributed by atoms with Crippen LogP contribution in [0.15, 0.2) is 46.0 Å². The average molecular weight is 273 g/mol. The zero-order valence-corrected chi connectivity index (χ0v) is 10.8. The van der Waals surface area contributed by atoms with Crippen LogP contribution in [0.1, 0.15) is 22.5 Å². The number of aryl methyl sites for hydroxylation is 1. The summed E-state index contributed by atoms with van der Waals surface area (Å²) in [6, 6.07) is 11.0. The highest BCUT2D eigenvalue weighted by molar-refractivity contribution is 5.91. The predicted octanol–water partition coefficient (Wildman–Crippen LogP) is 0.426. The Hall–Kier alpha value is -2.63. The van der Waals surface area contributed by atoms with E-state index < -0.39 is 17.2 Å². The summed E-state index contributed by atoms with van der Waals surface area (Å²) < 4.78 is 0. The first-order valence-electron chi connectivity index (χ1n) is 6.31. The third kappa shape index (κ3) is 3.94. The van der Waals surface area contributed by atoms with Gasteiger partial charge in [0, 0.05) is 12.6 Å². The first kappa shape index (κ1) is 13.8. The summed E-state index contributed by atoms with van der Waals surface area (Å²) in [6.45, 7) is 0.475. The van der Waals surface area contributed by atoms with Gasteiger partial charge in [-0.05, 0) is 18.4 Å². The maximum absolute atomic E-state index is 11.7. The Morgan fingerprint density at radius 3 is 2.55 bits per heavy atom. The third-order valence-corrected chi connectivity index (χ3v) is 2.78. The van der Waals surface area contributed by atoms with Crippen LogP contribution in [0.2, 0.25) is 0 Å². The van der Waals surface area contributed by atoms with Crippen molar-refractivity contribution in [2.75, 3.05) is 6.54 Å². The summed E-state index contributed by atoms with van der Waals surface area (Å²) in [5.41, 5.74) is -0.111. The molecule has 20 heavy (non-hydrogen) atoms. The fourth-order valence-electron chi connectivity index (χ4n) is 1.83. The summed E-state index contributed by atoms with van der Waals surface area (Å²) in [7, 11) is 0. The number of amides is 1. The molecule has 0 bridgehead atoms. The third-order valence-electron chi connectivity index (χ3n) is 2.78. The molecule has 0 radical (unpaired) electrons. The second-order valence-corrected chi connectivity index (χ2v) is 4.35. The second kappa shape index (κ2) is 6.51. The SMILES string of the molecule is O=C(NCCCc1ccccc1)c1cc(=O)[nH]c(=O)[nH]1. The van der Waals surface area contributed by atoms with Gasteiger partial charge in [-0.1, -0.05) is 30.3 Å². The Kier molecular flexibility index (Phi) is 4.49. The van der Waals surface area contributed by atoms with Crippen LogP contribution < -0.4 is 16.6 Å².